The van der Waals surface area contributed by atoms with E-state index < -0.39 is 4.57 Å². The van der Waals surface area contributed by atoms with Crippen LogP contribution in [-0.4, -0.2) is 44.8 Å². The van der Waals surface area contributed by atoms with E-state index in [0.717, 1.165) is 96.5 Å². The lowest BCUT2D eigenvalue weighted by Crippen LogP contribution is -2.28. The van der Waals surface area contributed by atoms with Gasteiger partial charge < -0.3 is 0 Å². The van der Waals surface area contributed by atoms with Gasteiger partial charge in [0.25, 0.3) is 0 Å². The molecule has 0 saturated carbocycles. The first-order valence-electron chi connectivity index (χ1n) is 19.1. The highest BCUT2D eigenvalue weighted by molar-refractivity contribution is 9.11. The Morgan fingerprint density at radius 1 is 0.400 bits per heavy atom. The van der Waals surface area contributed by atoms with E-state index in [1.165, 1.54) is 0 Å². The maximum absolute atomic E-state index is 5.44. The van der Waals surface area contributed by atoms with Gasteiger partial charge in [0.15, 0.2) is 40.8 Å². The van der Waals surface area contributed by atoms with E-state index in [0.29, 0.717) is 40.8 Å². The Kier molecular flexibility index (Phi) is 7.36. The number of halogens is 4. The molecule has 5 aliphatic rings. The van der Waals surface area contributed by atoms with E-state index in [1.54, 1.807) is 0 Å². The van der Waals surface area contributed by atoms with Crippen molar-refractivity contribution in [1.82, 2.24) is 3.93 Å². The number of hydrogen-bond acceptors (Lipinski definition) is 8. The lowest BCUT2D eigenvalue weighted by molar-refractivity contribution is 0.734. The molecular weight excluding hydrogens is 1010 g/mol. The van der Waals surface area contributed by atoms with Crippen molar-refractivity contribution in [2.75, 3.05) is 0 Å². The van der Waals surface area contributed by atoms with Gasteiger partial charge in [0.1, 0.15) is 0 Å². The second kappa shape index (κ2) is 12.6. The van der Waals surface area contributed by atoms with Crippen LogP contribution in [0.5, 0.6) is 0 Å². The van der Waals surface area contributed by atoms with E-state index >= 15 is 0 Å². The summed E-state index contributed by atoms with van der Waals surface area (Å²) in [5.74, 6) is 3.79. The molecule has 1 atom stereocenters. The smallest absolute Gasteiger partial charge is 0.237 e. The van der Waals surface area contributed by atoms with E-state index in [9.17, 15) is 0 Å². The van der Waals surface area contributed by atoms with Crippen LogP contribution >= 0.6 is 63.9 Å². The Hall–Kier alpha value is -5.79. The minimum absolute atomic E-state index is 0.466. The maximum atomic E-state index is 5.44. The van der Waals surface area contributed by atoms with Crippen LogP contribution in [0.3, 0.4) is 0 Å². The topological polar surface area (TPSA) is 89.8 Å². The van der Waals surface area contributed by atoms with Gasteiger partial charge in [-0.3, -0.25) is 0 Å². The summed E-state index contributed by atoms with van der Waals surface area (Å²) >= 11 is 16.1. The molecular formula is C48H22Br4N8. The van der Waals surface area contributed by atoms with Gasteiger partial charge in [-0.1, -0.05) is 97.1 Å². The lowest BCUT2D eigenvalue weighted by Gasteiger charge is -2.20. The van der Waals surface area contributed by atoms with Crippen LogP contribution in [0.25, 0.3) is 43.1 Å². The summed E-state index contributed by atoms with van der Waals surface area (Å²) in [6.45, 7) is 0. The molecule has 12 heteroatoms. The third-order valence-corrected chi connectivity index (χ3v) is 14.7. The molecule has 0 N–H and O–H groups in total. The Bertz CT molecular complexity index is 3620. The van der Waals surface area contributed by atoms with Crippen molar-refractivity contribution in [1.29, 1.82) is 0 Å². The van der Waals surface area contributed by atoms with Gasteiger partial charge in [0.2, 0.25) is 4.57 Å². The molecule has 0 fully saturated rings. The second-order valence-corrected chi connectivity index (χ2v) is 18.5. The lowest BCUT2D eigenvalue weighted by atomic mass is 9.99. The molecule has 0 aliphatic carbocycles. The molecule has 282 valence electrons. The number of hydrogen-bond donors (Lipinski definition) is 0. The van der Waals surface area contributed by atoms with Crippen LogP contribution in [0.1, 0.15) is 44.5 Å². The third-order valence-electron chi connectivity index (χ3n) is 11.7. The van der Waals surface area contributed by atoms with E-state index in [1.807, 2.05) is 52.5 Å². The first-order chi connectivity index (χ1) is 29.3. The van der Waals surface area contributed by atoms with Gasteiger partial charge in [-0.05, 0) is 127 Å². The third kappa shape index (κ3) is 4.96. The summed E-state index contributed by atoms with van der Waals surface area (Å²) in [6.07, 6.45) is 0. The molecule has 0 radical (unpaired) electrons. The zero-order chi connectivity index (χ0) is 40.0. The molecule has 8 aromatic rings. The van der Waals surface area contributed by atoms with E-state index in [4.69, 9.17) is 34.9 Å². The van der Waals surface area contributed by atoms with Crippen molar-refractivity contribution in [2.24, 2.45) is 34.9 Å². The normalized spacial score (nSPS) is 18.4. The van der Waals surface area contributed by atoms with Crippen molar-refractivity contribution >= 4 is 148 Å². The number of amidine groups is 7. The van der Waals surface area contributed by atoms with Crippen LogP contribution in [0.2, 0.25) is 0 Å². The number of alkyl halides is 1. The van der Waals surface area contributed by atoms with Crippen LogP contribution in [-0.2, 0) is 4.57 Å². The van der Waals surface area contributed by atoms with E-state index in [-0.39, 0.29) is 0 Å². The largest absolute Gasteiger partial charge is 0.242 e. The molecule has 0 aromatic heterocycles. The minimum atomic E-state index is -1.34. The van der Waals surface area contributed by atoms with Crippen molar-refractivity contribution < 1.29 is 0 Å². The first kappa shape index (κ1) is 35.0. The molecule has 1 unspecified atom stereocenters. The minimum Gasteiger partial charge on any atom is -0.242 e. The Balaban J connectivity index is 1.16. The van der Waals surface area contributed by atoms with Crippen LogP contribution in [0, 0.1) is 0 Å². The molecule has 0 spiro atoms. The molecule has 5 heterocycles. The number of nitrogens with zero attached hydrogens (tertiary/aromatic N) is 8. The highest BCUT2D eigenvalue weighted by Gasteiger charge is 2.44. The molecule has 0 saturated heterocycles. The Morgan fingerprint density at radius 3 is 1.25 bits per heavy atom. The monoisotopic (exact) mass is 1030 g/mol. The predicted molar refractivity (Wildman–Crippen MR) is 258 cm³/mol. The van der Waals surface area contributed by atoms with Crippen LogP contribution in [0.4, 0.5) is 0 Å². The van der Waals surface area contributed by atoms with Crippen molar-refractivity contribution in [2.45, 2.75) is 4.57 Å². The summed E-state index contributed by atoms with van der Waals surface area (Å²) in [6, 6.07) is 46.1. The van der Waals surface area contributed by atoms with Gasteiger partial charge in [-0.15, -0.1) is 0 Å². The fourth-order valence-electron chi connectivity index (χ4n) is 8.85. The Labute approximate surface area is 375 Å². The quantitative estimate of drug-likeness (QED) is 0.0845. The van der Waals surface area contributed by atoms with Gasteiger partial charge in [-0.25, -0.2) is 38.9 Å². The van der Waals surface area contributed by atoms with Gasteiger partial charge in [0, 0.05) is 53.5 Å². The average molecular weight is 1030 g/mol. The highest BCUT2D eigenvalue weighted by atomic mass is 79.9. The van der Waals surface area contributed by atoms with Crippen molar-refractivity contribution in [3.8, 4) is 0 Å². The SMILES string of the molecule is Brc1c2c(c(Br)c3ccccc13)C1(Br)N=C3N=C(N=C4N=C(c5cc6ccccc6cc54)N(Br)C4=NC(=NC2=N1)c1cc2ccccc2cc14)c1cc2ccccc2cc13. The van der Waals surface area contributed by atoms with Gasteiger partial charge >= 0.3 is 0 Å². The van der Waals surface area contributed by atoms with Crippen molar-refractivity contribution in [3.63, 3.8) is 0 Å². The molecule has 8 nitrogen and oxygen atoms in total. The van der Waals surface area contributed by atoms with E-state index in [2.05, 4.69) is 149 Å². The highest BCUT2D eigenvalue weighted by Crippen LogP contribution is 2.52. The summed E-state index contributed by atoms with van der Waals surface area (Å²) in [5.41, 5.74) is 6.86. The summed E-state index contributed by atoms with van der Waals surface area (Å²) in [5, 5.41) is 8.46. The van der Waals surface area contributed by atoms with Gasteiger partial charge in [-0.2, -0.15) is 0 Å². The molecule has 8 aromatic carbocycles. The molecule has 8 bridgehead atoms. The fourth-order valence-corrected chi connectivity index (χ4v) is 11.9. The molecule has 0 amide bonds. The molecule has 5 aliphatic heterocycles. The molecule has 13 rings (SSSR count). The summed E-state index contributed by atoms with van der Waals surface area (Å²) in [7, 11) is 0. The summed E-state index contributed by atoms with van der Waals surface area (Å²) in [4.78, 5) is 37.4. The number of rotatable bonds is 0. The standard InChI is InChI=1S/C48H22Br4N8/c49-39-29-15-7-8-16-30(29)40(50)38-37(39)45-55-43-34-20-26-12-4-6-14-28(26)22-36(34)47(57-43)60(52)46-35-21-27-13-5-3-11-25(27)19-33(35)42(56-46)53-41-31-17-23-9-1-2-10-24(23)18-32(31)44(54-41)58-48(38,51)59-45/h1-22H. The predicted octanol–water partition coefficient (Wildman–Crippen LogP) is 12.3. The van der Waals surface area contributed by atoms with Gasteiger partial charge in [0.05, 0.1) is 16.1 Å². The van der Waals surface area contributed by atoms with Crippen molar-refractivity contribution in [3.05, 3.63) is 187 Å². The molecule has 60 heavy (non-hydrogen) atoms. The number of benzene rings is 8. The average Bonchev–Trinajstić information content (AvgIpc) is 3.99. The second-order valence-electron chi connectivity index (χ2n) is 15.1. The fraction of sp³-hybridized carbons (Fsp3) is 0.0208. The first-order valence-corrected chi connectivity index (χ1v) is 22.2. The maximum Gasteiger partial charge on any atom is 0.237 e. The summed E-state index contributed by atoms with van der Waals surface area (Å²) < 4.78 is 2.25. The number of aliphatic imine (C=N–C) groups is 7. The zero-order valence-electron chi connectivity index (χ0n) is 30.8. The number of fused-ring (bicyclic) bond motifs is 20. The van der Waals surface area contributed by atoms with Crippen LogP contribution < -0.4 is 0 Å². The van der Waals surface area contributed by atoms with Crippen LogP contribution in [0.15, 0.2) is 177 Å². The zero-order valence-corrected chi connectivity index (χ0v) is 37.1. The Morgan fingerprint density at radius 2 is 0.750 bits per heavy atom.